The van der Waals surface area contributed by atoms with Gasteiger partial charge < -0.3 is 20.7 Å². The fourth-order valence-corrected chi connectivity index (χ4v) is 3.18. The fraction of sp³-hybridized carbons (Fsp3) is 0.615. The molecule has 1 aromatic rings. The quantitative estimate of drug-likeness (QED) is 0.558. The van der Waals surface area contributed by atoms with Crippen molar-refractivity contribution in [1.29, 1.82) is 0 Å². The van der Waals surface area contributed by atoms with E-state index in [0.29, 0.717) is 12.4 Å². The highest BCUT2D eigenvalue weighted by molar-refractivity contribution is 5.79. The van der Waals surface area contributed by atoms with Crippen molar-refractivity contribution in [3.8, 4) is 0 Å². The van der Waals surface area contributed by atoms with Gasteiger partial charge in [0.2, 0.25) is 0 Å². The van der Waals surface area contributed by atoms with E-state index in [0.717, 1.165) is 25.8 Å². The van der Waals surface area contributed by atoms with E-state index >= 15 is 0 Å². The van der Waals surface area contributed by atoms with Crippen LogP contribution in [-0.4, -0.2) is 44.6 Å². The van der Waals surface area contributed by atoms with E-state index in [1.165, 1.54) is 6.07 Å². The maximum atomic E-state index is 11.3. The van der Waals surface area contributed by atoms with Crippen LogP contribution in [0.2, 0.25) is 0 Å². The van der Waals surface area contributed by atoms with Crippen LogP contribution in [0.4, 0.5) is 0 Å². The van der Waals surface area contributed by atoms with E-state index < -0.39 is 23.4 Å². The van der Waals surface area contributed by atoms with Crippen LogP contribution in [0.25, 0.3) is 0 Å². The Balaban J connectivity index is 1.87. The van der Waals surface area contributed by atoms with Crippen molar-refractivity contribution >= 4 is 5.96 Å². The zero-order valence-electron chi connectivity index (χ0n) is 11.6. The maximum Gasteiger partial charge on any atom is 0.325 e. The van der Waals surface area contributed by atoms with E-state index in [4.69, 9.17) is 5.73 Å². The number of H-pyrrole nitrogens is 2. The van der Waals surface area contributed by atoms with Gasteiger partial charge in [-0.3, -0.25) is 9.78 Å². The van der Waals surface area contributed by atoms with E-state index in [1.807, 2.05) is 0 Å². The number of piperidine rings is 1. The van der Waals surface area contributed by atoms with Gasteiger partial charge in [0.1, 0.15) is 6.10 Å². The predicted molar refractivity (Wildman–Crippen MR) is 77.0 cm³/mol. The third-order valence-electron chi connectivity index (χ3n) is 4.20. The number of nitrogens with two attached hydrogens (primary N) is 1. The first-order valence-corrected chi connectivity index (χ1v) is 7.16. The lowest BCUT2D eigenvalue weighted by atomic mass is 9.91. The molecule has 1 fully saturated rings. The van der Waals surface area contributed by atoms with E-state index in [9.17, 15) is 14.7 Å². The predicted octanol–water partition coefficient (Wildman–Crippen LogP) is -0.962. The monoisotopic (exact) mass is 293 g/mol. The molecule has 2 aliphatic heterocycles. The second-order valence-electron chi connectivity index (χ2n) is 5.62. The Morgan fingerprint density at radius 2 is 2.19 bits per heavy atom. The molecule has 0 bridgehead atoms. The Morgan fingerprint density at radius 3 is 2.95 bits per heavy atom. The second kappa shape index (κ2) is 5.36. The third-order valence-corrected chi connectivity index (χ3v) is 4.20. The molecule has 0 aliphatic carbocycles. The highest BCUT2D eigenvalue weighted by Gasteiger charge is 2.34. The summed E-state index contributed by atoms with van der Waals surface area (Å²) in [7, 11) is 0. The lowest BCUT2D eigenvalue weighted by Crippen LogP contribution is -2.52. The van der Waals surface area contributed by atoms with Crippen LogP contribution in [0.15, 0.2) is 20.6 Å². The van der Waals surface area contributed by atoms with Gasteiger partial charge in [-0.1, -0.05) is 0 Å². The molecule has 0 saturated carbocycles. The van der Waals surface area contributed by atoms with Crippen molar-refractivity contribution in [1.82, 2.24) is 14.9 Å². The van der Waals surface area contributed by atoms with Gasteiger partial charge in [-0.05, 0) is 25.7 Å². The van der Waals surface area contributed by atoms with Crippen molar-refractivity contribution in [2.45, 2.75) is 43.9 Å². The van der Waals surface area contributed by atoms with Crippen LogP contribution in [0.5, 0.6) is 0 Å². The lowest BCUT2D eigenvalue weighted by Gasteiger charge is -2.42. The number of fused-ring (bicyclic) bond motifs is 1. The van der Waals surface area contributed by atoms with Crippen molar-refractivity contribution < 1.29 is 5.11 Å². The Hall–Kier alpha value is -2.09. The number of nitrogens with one attached hydrogen (secondary N) is 2. The second-order valence-corrected chi connectivity index (χ2v) is 5.62. The minimum absolute atomic E-state index is 0.176. The van der Waals surface area contributed by atoms with Gasteiger partial charge in [0, 0.05) is 18.7 Å². The lowest BCUT2D eigenvalue weighted by molar-refractivity contribution is 0.103. The van der Waals surface area contributed by atoms with Crippen molar-refractivity contribution in [2.24, 2.45) is 10.7 Å². The van der Waals surface area contributed by atoms with Crippen LogP contribution in [0.3, 0.4) is 0 Å². The molecule has 3 atom stereocenters. The van der Waals surface area contributed by atoms with Crippen LogP contribution < -0.4 is 17.0 Å². The molecule has 114 valence electrons. The number of nitrogens with zero attached hydrogens (tertiary/aromatic N) is 2. The smallest absolute Gasteiger partial charge is 0.325 e. The zero-order chi connectivity index (χ0) is 15.0. The van der Waals surface area contributed by atoms with Crippen LogP contribution in [0, 0.1) is 0 Å². The number of aromatic amines is 2. The van der Waals surface area contributed by atoms with Gasteiger partial charge in [0.05, 0.1) is 11.7 Å². The summed E-state index contributed by atoms with van der Waals surface area (Å²) in [5, 5.41) is 10.4. The Morgan fingerprint density at radius 1 is 1.38 bits per heavy atom. The highest BCUT2D eigenvalue weighted by atomic mass is 16.3. The molecule has 8 heteroatoms. The molecule has 0 unspecified atom stereocenters. The van der Waals surface area contributed by atoms with E-state index in [1.54, 1.807) is 0 Å². The molecule has 0 radical (unpaired) electrons. The van der Waals surface area contributed by atoms with Gasteiger partial charge >= 0.3 is 5.69 Å². The van der Waals surface area contributed by atoms with Gasteiger partial charge in [-0.25, -0.2) is 9.79 Å². The molecule has 21 heavy (non-hydrogen) atoms. The van der Waals surface area contributed by atoms with Crippen molar-refractivity contribution in [2.75, 3.05) is 6.54 Å². The summed E-state index contributed by atoms with van der Waals surface area (Å²) in [6.07, 6.45) is 2.88. The number of hydrogen-bond acceptors (Lipinski definition) is 6. The highest BCUT2D eigenvalue weighted by Crippen LogP contribution is 2.30. The molecule has 8 nitrogen and oxygen atoms in total. The average molecular weight is 293 g/mol. The molecule has 1 saturated heterocycles. The SMILES string of the molecule is NC1=N[C@@H]([C@H](O)c2cc(=O)[nH]c(=O)[nH]2)C[C@H]2CCCCN12. The summed E-state index contributed by atoms with van der Waals surface area (Å²) in [5.74, 6) is 0.433. The summed E-state index contributed by atoms with van der Waals surface area (Å²) >= 11 is 0. The minimum atomic E-state index is -1.04. The number of guanidine groups is 1. The first-order chi connectivity index (χ1) is 10.0. The van der Waals surface area contributed by atoms with Crippen LogP contribution in [-0.2, 0) is 0 Å². The van der Waals surface area contributed by atoms with Gasteiger partial charge in [-0.2, -0.15) is 0 Å². The molecular weight excluding hydrogens is 274 g/mol. The topological polar surface area (TPSA) is 128 Å². The summed E-state index contributed by atoms with van der Waals surface area (Å²) < 4.78 is 0. The zero-order valence-corrected chi connectivity index (χ0v) is 11.6. The molecule has 3 rings (SSSR count). The molecule has 2 aliphatic rings. The number of rotatable bonds is 2. The van der Waals surface area contributed by atoms with Gasteiger partial charge in [0.25, 0.3) is 5.56 Å². The van der Waals surface area contributed by atoms with E-state index in [-0.39, 0.29) is 11.7 Å². The first-order valence-electron chi connectivity index (χ1n) is 7.16. The molecule has 5 N–H and O–H groups in total. The Kier molecular flexibility index (Phi) is 3.54. The average Bonchev–Trinajstić information content (AvgIpc) is 2.45. The number of aliphatic hydroxyl groups is 1. The summed E-state index contributed by atoms with van der Waals surface area (Å²) in [6, 6.07) is 1.01. The first kappa shape index (κ1) is 13.9. The molecule has 0 aromatic carbocycles. The van der Waals surface area contributed by atoms with Crippen molar-refractivity contribution in [3.63, 3.8) is 0 Å². The normalized spacial score (nSPS) is 26.9. The molecule has 3 heterocycles. The summed E-state index contributed by atoms with van der Waals surface area (Å²) in [5.41, 5.74) is 4.98. The fourth-order valence-electron chi connectivity index (χ4n) is 3.18. The van der Waals surface area contributed by atoms with E-state index in [2.05, 4.69) is 19.9 Å². The standard InChI is InChI=1S/C13H19N5O3/c14-12-15-8(5-7-3-1-2-4-18(7)12)11(20)9-6-10(19)17-13(21)16-9/h6-8,11,20H,1-5H2,(H2,14,15)(H2,16,17,19,21)/t7-,8-,11+/m1/s1. The van der Waals surface area contributed by atoms with Crippen molar-refractivity contribution in [3.05, 3.63) is 32.6 Å². The third kappa shape index (κ3) is 2.71. The number of aromatic nitrogens is 2. The summed E-state index contributed by atoms with van der Waals surface area (Å²) in [6.45, 7) is 0.894. The largest absolute Gasteiger partial charge is 0.385 e. The number of aliphatic hydroxyl groups excluding tert-OH is 1. The molecule has 1 aromatic heterocycles. The van der Waals surface area contributed by atoms with Gasteiger partial charge in [0.15, 0.2) is 5.96 Å². The van der Waals surface area contributed by atoms with Gasteiger partial charge in [-0.15, -0.1) is 0 Å². The van der Waals surface area contributed by atoms with Crippen LogP contribution >= 0.6 is 0 Å². The Bertz CT molecular complexity index is 636. The summed E-state index contributed by atoms with van der Waals surface area (Å²) in [4.78, 5) is 33.6. The number of hydrogen-bond donors (Lipinski definition) is 4. The molecular formula is C13H19N5O3. The maximum absolute atomic E-state index is 11.3. The number of aliphatic imine (C=N–C) groups is 1. The Labute approximate surface area is 120 Å². The minimum Gasteiger partial charge on any atom is -0.385 e. The van der Waals surface area contributed by atoms with Crippen LogP contribution in [0.1, 0.15) is 37.5 Å². The molecule has 0 spiro atoms. The molecule has 0 amide bonds.